The van der Waals surface area contributed by atoms with Crippen LogP contribution in [-0.2, 0) is 23.0 Å². The molecule has 1 aliphatic rings. The van der Waals surface area contributed by atoms with Gasteiger partial charge in [-0.05, 0) is 58.2 Å². The first-order valence-electron chi connectivity index (χ1n) is 11.4. The van der Waals surface area contributed by atoms with E-state index in [-0.39, 0.29) is 18.9 Å². The van der Waals surface area contributed by atoms with Crippen molar-refractivity contribution in [2.45, 2.75) is 24.8 Å². The summed E-state index contributed by atoms with van der Waals surface area (Å²) in [6.07, 6.45) is 2.08. The lowest BCUT2D eigenvalue weighted by Gasteiger charge is -2.17. The van der Waals surface area contributed by atoms with Crippen molar-refractivity contribution in [1.82, 2.24) is 9.88 Å². The molecule has 0 fully saturated rings. The van der Waals surface area contributed by atoms with E-state index in [1.165, 1.54) is 0 Å². The van der Waals surface area contributed by atoms with Crippen LogP contribution in [0, 0.1) is 0 Å². The number of aliphatic carboxylic acids is 1. The average molecular weight is 455 g/mol. The van der Waals surface area contributed by atoms with E-state index in [0.29, 0.717) is 6.42 Å². The molecule has 0 aliphatic heterocycles. The molecule has 1 aliphatic carbocycles. The van der Waals surface area contributed by atoms with Gasteiger partial charge in [0, 0.05) is 24.7 Å². The first-order chi connectivity index (χ1) is 16.5. The number of benzene rings is 3. The molecule has 0 saturated carbocycles. The lowest BCUT2D eigenvalue weighted by Crippen LogP contribution is -2.41. The highest BCUT2D eigenvalue weighted by Crippen LogP contribution is 2.44. The molecule has 0 bridgehead atoms. The third kappa shape index (κ3) is 4.15. The maximum Gasteiger partial charge on any atom is 0.407 e. The van der Waals surface area contributed by atoms with Crippen molar-refractivity contribution in [3.8, 4) is 11.1 Å². The number of amides is 1. The number of carbonyl (C=O) groups is 2. The number of aromatic nitrogens is 1. The Bertz CT molecular complexity index is 1330. The molecular weight excluding hydrogens is 428 g/mol. The third-order valence-corrected chi connectivity index (χ3v) is 6.61. The molecular formula is C28H26N2O4. The number of ether oxygens (including phenoxy) is 1. The zero-order valence-corrected chi connectivity index (χ0v) is 18.9. The Balaban J connectivity index is 1.22. The Kier molecular flexibility index (Phi) is 5.80. The molecule has 0 saturated heterocycles. The van der Waals surface area contributed by atoms with Gasteiger partial charge in [-0.25, -0.2) is 9.59 Å². The fraction of sp³-hybridized carbons (Fsp3) is 0.214. The zero-order valence-electron chi connectivity index (χ0n) is 18.9. The number of rotatable bonds is 7. The van der Waals surface area contributed by atoms with Gasteiger partial charge in [0.05, 0.1) is 0 Å². The van der Waals surface area contributed by atoms with Gasteiger partial charge in [0.15, 0.2) is 0 Å². The van der Waals surface area contributed by atoms with Crippen LogP contribution in [0.3, 0.4) is 0 Å². The zero-order chi connectivity index (χ0) is 23.7. The minimum Gasteiger partial charge on any atom is -0.480 e. The smallest absolute Gasteiger partial charge is 0.407 e. The lowest BCUT2D eigenvalue weighted by molar-refractivity contribution is -0.139. The lowest BCUT2D eigenvalue weighted by atomic mass is 9.98. The average Bonchev–Trinajstić information content (AvgIpc) is 3.38. The molecule has 34 heavy (non-hydrogen) atoms. The van der Waals surface area contributed by atoms with Crippen LogP contribution in [0.1, 0.15) is 29.0 Å². The van der Waals surface area contributed by atoms with Crippen LogP contribution in [0.4, 0.5) is 4.79 Å². The van der Waals surface area contributed by atoms with Crippen molar-refractivity contribution in [1.29, 1.82) is 0 Å². The topological polar surface area (TPSA) is 80.6 Å². The minimum atomic E-state index is -1.08. The molecule has 1 aromatic heterocycles. The molecule has 0 spiro atoms. The first kappa shape index (κ1) is 21.8. The number of aryl methyl sites for hydroxylation is 2. The molecule has 0 radical (unpaired) electrons. The van der Waals surface area contributed by atoms with E-state index in [4.69, 9.17) is 4.74 Å². The van der Waals surface area contributed by atoms with E-state index in [1.807, 2.05) is 72.4 Å². The number of carboxylic acids is 1. The van der Waals surface area contributed by atoms with Crippen LogP contribution in [0.25, 0.3) is 22.0 Å². The van der Waals surface area contributed by atoms with Crippen molar-refractivity contribution < 1.29 is 19.4 Å². The standard InChI is InChI=1S/C28H26N2O4/c1-30-15-14-19-12-10-18(16-26(19)30)11-13-25(27(31)32)29-28(33)34-17-24-22-8-4-2-6-20(22)21-7-3-5-9-23(21)24/h2-10,12,14-16,24-25H,11,13,17H2,1H3,(H,29,33)(H,31,32)/t25-/m0/s1. The second kappa shape index (κ2) is 9.06. The van der Waals surface area contributed by atoms with Crippen LogP contribution in [0.5, 0.6) is 0 Å². The third-order valence-electron chi connectivity index (χ3n) is 6.61. The largest absolute Gasteiger partial charge is 0.480 e. The Labute approximate surface area is 197 Å². The van der Waals surface area contributed by atoms with Gasteiger partial charge in [-0.2, -0.15) is 0 Å². The quantitative estimate of drug-likeness (QED) is 0.407. The number of carboxylic acid groups (broad SMARTS) is 1. The number of nitrogens with zero attached hydrogens (tertiary/aromatic N) is 1. The predicted molar refractivity (Wildman–Crippen MR) is 131 cm³/mol. The molecule has 4 aromatic rings. The van der Waals surface area contributed by atoms with Gasteiger partial charge in [-0.1, -0.05) is 60.7 Å². The number of fused-ring (bicyclic) bond motifs is 4. The molecule has 3 aromatic carbocycles. The number of hydrogen-bond acceptors (Lipinski definition) is 3. The summed E-state index contributed by atoms with van der Waals surface area (Å²) in [5, 5.41) is 13.3. The summed E-state index contributed by atoms with van der Waals surface area (Å²) in [5.74, 6) is -1.15. The summed E-state index contributed by atoms with van der Waals surface area (Å²) in [5.41, 5.74) is 6.63. The number of alkyl carbamates (subject to hydrolysis) is 1. The van der Waals surface area contributed by atoms with Gasteiger partial charge < -0.3 is 19.7 Å². The van der Waals surface area contributed by atoms with Crippen LogP contribution in [0.15, 0.2) is 79.0 Å². The van der Waals surface area contributed by atoms with E-state index >= 15 is 0 Å². The molecule has 2 N–H and O–H groups in total. The Morgan fingerprint density at radius 1 is 1.00 bits per heavy atom. The van der Waals surface area contributed by atoms with Gasteiger partial charge >= 0.3 is 12.1 Å². The molecule has 6 heteroatoms. The van der Waals surface area contributed by atoms with E-state index in [9.17, 15) is 14.7 Å². The van der Waals surface area contributed by atoms with Gasteiger partial charge in [0.25, 0.3) is 0 Å². The van der Waals surface area contributed by atoms with Crippen LogP contribution < -0.4 is 5.32 Å². The maximum atomic E-state index is 12.5. The van der Waals surface area contributed by atoms with Crippen LogP contribution in [0.2, 0.25) is 0 Å². The van der Waals surface area contributed by atoms with Gasteiger partial charge in [-0.3, -0.25) is 0 Å². The molecule has 172 valence electrons. The summed E-state index contributed by atoms with van der Waals surface area (Å²) < 4.78 is 7.55. The van der Waals surface area contributed by atoms with E-state index < -0.39 is 18.1 Å². The molecule has 1 amide bonds. The fourth-order valence-electron chi connectivity index (χ4n) is 4.81. The van der Waals surface area contributed by atoms with Crippen molar-refractivity contribution in [3.63, 3.8) is 0 Å². The summed E-state index contributed by atoms with van der Waals surface area (Å²) in [6.45, 7) is 0.149. The summed E-state index contributed by atoms with van der Waals surface area (Å²) in [4.78, 5) is 24.3. The van der Waals surface area contributed by atoms with Crippen LogP contribution >= 0.6 is 0 Å². The normalized spacial score (nSPS) is 13.3. The molecule has 5 rings (SSSR count). The van der Waals surface area contributed by atoms with Gasteiger partial charge in [0.1, 0.15) is 12.6 Å². The predicted octanol–water partition coefficient (Wildman–Crippen LogP) is 5.10. The molecule has 6 nitrogen and oxygen atoms in total. The Morgan fingerprint density at radius 2 is 1.68 bits per heavy atom. The monoisotopic (exact) mass is 454 g/mol. The second-order valence-electron chi connectivity index (χ2n) is 8.72. The highest BCUT2D eigenvalue weighted by molar-refractivity contribution is 5.82. The van der Waals surface area contributed by atoms with Crippen molar-refractivity contribution in [2.24, 2.45) is 7.05 Å². The summed E-state index contributed by atoms with van der Waals surface area (Å²) in [7, 11) is 1.98. The van der Waals surface area contributed by atoms with Gasteiger partial charge in [0.2, 0.25) is 0 Å². The highest BCUT2D eigenvalue weighted by Gasteiger charge is 2.29. The van der Waals surface area contributed by atoms with E-state index in [1.54, 1.807) is 0 Å². The molecule has 0 unspecified atom stereocenters. The Morgan fingerprint density at radius 3 is 2.35 bits per heavy atom. The summed E-state index contributed by atoms with van der Waals surface area (Å²) >= 11 is 0. The SMILES string of the molecule is Cn1ccc2ccc(CC[C@H](NC(=O)OCC3c4ccccc4-c4ccccc43)C(=O)O)cc21. The Hall–Kier alpha value is -4.06. The molecule has 1 heterocycles. The van der Waals surface area contributed by atoms with Crippen molar-refractivity contribution in [2.75, 3.05) is 6.61 Å². The second-order valence-corrected chi connectivity index (χ2v) is 8.72. The summed E-state index contributed by atoms with van der Waals surface area (Å²) in [6, 6.07) is 23.3. The first-order valence-corrected chi connectivity index (χ1v) is 11.4. The number of carbonyl (C=O) groups excluding carboxylic acids is 1. The maximum absolute atomic E-state index is 12.5. The van der Waals surface area contributed by atoms with E-state index in [0.717, 1.165) is 38.7 Å². The van der Waals surface area contributed by atoms with Crippen molar-refractivity contribution >= 4 is 23.0 Å². The number of hydrogen-bond donors (Lipinski definition) is 2. The van der Waals surface area contributed by atoms with Gasteiger partial charge in [-0.15, -0.1) is 0 Å². The number of nitrogens with one attached hydrogen (secondary N) is 1. The van der Waals surface area contributed by atoms with E-state index in [2.05, 4.69) is 23.5 Å². The van der Waals surface area contributed by atoms with Crippen molar-refractivity contribution in [3.05, 3.63) is 95.7 Å². The minimum absolute atomic E-state index is 0.0709. The molecule has 1 atom stereocenters. The van der Waals surface area contributed by atoms with Crippen LogP contribution in [-0.4, -0.2) is 34.4 Å². The fourth-order valence-corrected chi connectivity index (χ4v) is 4.81. The highest BCUT2D eigenvalue weighted by atomic mass is 16.5.